The van der Waals surface area contributed by atoms with Gasteiger partial charge in [0.25, 0.3) is 0 Å². The summed E-state index contributed by atoms with van der Waals surface area (Å²) >= 11 is 0. The molecule has 126 valence electrons. The normalized spacial score (nSPS) is 12.2. The van der Waals surface area contributed by atoms with E-state index < -0.39 is 10.1 Å². The van der Waals surface area contributed by atoms with Crippen molar-refractivity contribution in [3.8, 4) is 0 Å². The topological polar surface area (TPSA) is 57.2 Å². The van der Waals surface area contributed by atoms with E-state index in [4.69, 9.17) is 0 Å². The Balaban J connectivity index is 0.00000288. The first-order valence-corrected chi connectivity index (χ1v) is 9.51. The molecule has 0 heterocycles. The monoisotopic (exact) mass is 356 g/mol. The van der Waals surface area contributed by atoms with Gasteiger partial charge in [-0.1, -0.05) is 65.8 Å². The summed E-state index contributed by atoms with van der Waals surface area (Å²) in [6.45, 7) is 12.2. The van der Waals surface area contributed by atoms with Crippen molar-refractivity contribution in [3.63, 3.8) is 0 Å². The second kappa shape index (κ2) is 7.88. The predicted octanol–water partition coefficient (Wildman–Crippen LogP) is 2.12. The predicted molar refractivity (Wildman–Crippen MR) is 94.2 cm³/mol. The molecule has 2 rings (SSSR count). The minimum atomic E-state index is -4.53. The van der Waals surface area contributed by atoms with Gasteiger partial charge in [-0.15, -0.1) is 0 Å². The standard InChI is InChI=1S/C19H26O3S.Na/c1-11(2)14-7-8-15-18(9-14)16(12(3)4)10-17(13(5)6)19(15)23(20,21)22;/h7-13H,1-6H3,(H,20,21,22);/q;+1/p-1. The minimum absolute atomic E-state index is 0. The Morgan fingerprint density at radius 2 is 1.33 bits per heavy atom. The molecule has 0 fully saturated rings. The van der Waals surface area contributed by atoms with E-state index in [-0.39, 0.29) is 46.3 Å². The zero-order valence-corrected chi connectivity index (χ0v) is 18.5. The van der Waals surface area contributed by atoms with E-state index >= 15 is 0 Å². The van der Waals surface area contributed by atoms with Crippen LogP contribution in [0.1, 0.15) is 76.0 Å². The molecular formula is C19H25NaO3S. The van der Waals surface area contributed by atoms with E-state index in [1.54, 1.807) is 6.07 Å². The molecule has 24 heavy (non-hydrogen) atoms. The van der Waals surface area contributed by atoms with E-state index in [1.807, 2.05) is 32.0 Å². The van der Waals surface area contributed by atoms with Gasteiger partial charge in [0.15, 0.2) is 0 Å². The van der Waals surface area contributed by atoms with Gasteiger partial charge in [-0.3, -0.25) is 0 Å². The van der Waals surface area contributed by atoms with Gasteiger partial charge in [-0.25, -0.2) is 8.42 Å². The van der Waals surface area contributed by atoms with Crippen molar-refractivity contribution in [2.45, 2.75) is 64.2 Å². The van der Waals surface area contributed by atoms with E-state index in [0.717, 1.165) is 16.5 Å². The maximum Gasteiger partial charge on any atom is 1.00 e. The molecule has 0 spiro atoms. The second-order valence-corrected chi connectivity index (χ2v) is 8.42. The Morgan fingerprint density at radius 3 is 1.75 bits per heavy atom. The summed E-state index contributed by atoms with van der Waals surface area (Å²) in [5.41, 5.74) is 2.86. The van der Waals surface area contributed by atoms with Crippen LogP contribution in [0.15, 0.2) is 29.2 Å². The first-order valence-electron chi connectivity index (χ1n) is 8.10. The molecule has 2 aromatic rings. The second-order valence-electron chi connectivity index (χ2n) is 7.11. The van der Waals surface area contributed by atoms with Crippen LogP contribution < -0.4 is 29.6 Å². The van der Waals surface area contributed by atoms with Gasteiger partial charge in [-0.05, 0) is 45.2 Å². The summed E-state index contributed by atoms with van der Waals surface area (Å²) < 4.78 is 35.7. The molecule has 5 heteroatoms. The molecule has 0 aliphatic carbocycles. The first kappa shape index (κ1) is 21.7. The largest absolute Gasteiger partial charge is 1.00 e. The molecule has 0 saturated heterocycles. The molecule has 0 saturated carbocycles. The maximum atomic E-state index is 11.9. The summed E-state index contributed by atoms with van der Waals surface area (Å²) in [4.78, 5) is -0.0535. The Labute approximate surface area is 167 Å². The van der Waals surface area contributed by atoms with Gasteiger partial charge in [0.2, 0.25) is 0 Å². The van der Waals surface area contributed by atoms with Gasteiger partial charge in [-0.2, -0.15) is 0 Å². The Hall–Kier alpha value is -0.390. The number of benzene rings is 2. The van der Waals surface area contributed by atoms with Crippen molar-refractivity contribution in [2.75, 3.05) is 0 Å². The molecule has 0 atom stereocenters. The summed E-state index contributed by atoms with van der Waals surface area (Å²) in [6.07, 6.45) is 0. The summed E-state index contributed by atoms with van der Waals surface area (Å²) in [5, 5.41) is 1.43. The first-order chi connectivity index (χ1) is 10.5. The fourth-order valence-electron chi connectivity index (χ4n) is 3.01. The average Bonchev–Trinajstić information content (AvgIpc) is 2.43. The quantitative estimate of drug-likeness (QED) is 0.623. The van der Waals surface area contributed by atoms with Crippen molar-refractivity contribution in [1.82, 2.24) is 0 Å². The van der Waals surface area contributed by atoms with Crippen molar-refractivity contribution in [2.24, 2.45) is 0 Å². The maximum absolute atomic E-state index is 11.9. The van der Waals surface area contributed by atoms with Gasteiger partial charge in [0.1, 0.15) is 10.1 Å². The third-order valence-corrected chi connectivity index (χ3v) is 5.29. The van der Waals surface area contributed by atoms with Crippen LogP contribution in [-0.2, 0) is 10.1 Å². The molecule has 0 unspecified atom stereocenters. The molecule has 0 radical (unpaired) electrons. The molecule has 0 bridgehead atoms. The van der Waals surface area contributed by atoms with Gasteiger partial charge in [0.05, 0.1) is 4.90 Å². The molecule has 0 N–H and O–H groups in total. The summed E-state index contributed by atoms with van der Waals surface area (Å²) in [5.74, 6) is 0.567. The van der Waals surface area contributed by atoms with Crippen molar-refractivity contribution < 1.29 is 42.5 Å². The third kappa shape index (κ3) is 4.23. The fourth-order valence-corrected chi connectivity index (χ4v) is 4.04. The van der Waals surface area contributed by atoms with Crippen LogP contribution >= 0.6 is 0 Å². The van der Waals surface area contributed by atoms with Crippen LogP contribution in [0.5, 0.6) is 0 Å². The molecule has 2 aromatic carbocycles. The molecule has 0 aliphatic heterocycles. The number of fused-ring (bicyclic) bond motifs is 1. The molecule has 3 nitrogen and oxygen atoms in total. The van der Waals surface area contributed by atoms with Crippen molar-refractivity contribution in [3.05, 3.63) is 41.0 Å². The van der Waals surface area contributed by atoms with Crippen LogP contribution in [0.4, 0.5) is 0 Å². The van der Waals surface area contributed by atoms with E-state index in [1.165, 1.54) is 0 Å². The van der Waals surface area contributed by atoms with E-state index in [0.29, 0.717) is 16.9 Å². The zero-order valence-electron chi connectivity index (χ0n) is 15.7. The SMILES string of the molecule is CC(C)c1ccc2c(S(=O)(=O)[O-])c(C(C)C)cc(C(C)C)c2c1.[Na+]. The number of hydrogen-bond donors (Lipinski definition) is 0. The Kier molecular flexibility index (Phi) is 7.11. The average molecular weight is 356 g/mol. The minimum Gasteiger partial charge on any atom is -0.744 e. The van der Waals surface area contributed by atoms with Gasteiger partial charge < -0.3 is 4.55 Å². The van der Waals surface area contributed by atoms with Crippen molar-refractivity contribution in [1.29, 1.82) is 0 Å². The van der Waals surface area contributed by atoms with Crippen LogP contribution in [0.2, 0.25) is 0 Å². The van der Waals surface area contributed by atoms with Crippen molar-refractivity contribution >= 4 is 20.9 Å². The summed E-state index contributed by atoms with van der Waals surface area (Å²) in [6, 6.07) is 7.67. The number of rotatable bonds is 4. The smallest absolute Gasteiger partial charge is 0.744 e. The summed E-state index contributed by atoms with van der Waals surface area (Å²) in [7, 11) is -4.53. The van der Waals surface area contributed by atoms with Crippen LogP contribution in [-0.4, -0.2) is 13.0 Å². The molecule has 0 amide bonds. The van der Waals surface area contributed by atoms with Crippen LogP contribution in [0.25, 0.3) is 10.8 Å². The molecule has 0 aromatic heterocycles. The Bertz CT molecular complexity index is 837. The van der Waals surface area contributed by atoms with E-state index in [2.05, 4.69) is 27.7 Å². The molecule has 0 aliphatic rings. The fraction of sp³-hybridized carbons (Fsp3) is 0.474. The van der Waals surface area contributed by atoms with Crippen LogP contribution in [0, 0.1) is 0 Å². The van der Waals surface area contributed by atoms with Gasteiger partial charge in [0, 0.05) is 0 Å². The van der Waals surface area contributed by atoms with Crippen LogP contribution in [0.3, 0.4) is 0 Å². The van der Waals surface area contributed by atoms with Gasteiger partial charge >= 0.3 is 29.6 Å². The Morgan fingerprint density at radius 1 is 0.792 bits per heavy atom. The third-order valence-electron chi connectivity index (χ3n) is 4.33. The molecular weight excluding hydrogens is 331 g/mol. The zero-order chi connectivity index (χ0) is 17.5. The van der Waals surface area contributed by atoms with E-state index in [9.17, 15) is 13.0 Å². The number of hydrogen-bond acceptors (Lipinski definition) is 3.